The van der Waals surface area contributed by atoms with Gasteiger partial charge in [0.1, 0.15) is 0 Å². The van der Waals surface area contributed by atoms with Gasteiger partial charge in [-0.25, -0.2) is 4.68 Å². The summed E-state index contributed by atoms with van der Waals surface area (Å²) in [5, 5.41) is 4.47. The Morgan fingerprint density at radius 3 is 2.68 bits per heavy atom. The lowest BCUT2D eigenvalue weighted by Gasteiger charge is -2.16. The van der Waals surface area contributed by atoms with Crippen LogP contribution in [-0.4, -0.2) is 16.4 Å². The van der Waals surface area contributed by atoms with Crippen molar-refractivity contribution in [3.8, 4) is 5.69 Å². The van der Waals surface area contributed by atoms with Crippen LogP contribution in [0.15, 0.2) is 21.1 Å². The van der Waals surface area contributed by atoms with E-state index in [0.29, 0.717) is 19.0 Å². The second-order valence-corrected chi connectivity index (χ2v) is 6.31. The maximum atomic E-state index is 5.99. The predicted molar refractivity (Wildman–Crippen MR) is 81.5 cm³/mol. The zero-order valence-corrected chi connectivity index (χ0v) is 13.6. The van der Waals surface area contributed by atoms with Gasteiger partial charge in [-0.15, -0.1) is 5.10 Å². The number of hydrogen-bond acceptors (Lipinski definition) is 3. The molecule has 19 heavy (non-hydrogen) atoms. The Kier molecular flexibility index (Phi) is 3.41. The van der Waals surface area contributed by atoms with Crippen LogP contribution < -0.4 is 5.73 Å². The number of nitrogens with two attached hydrogens (primary N) is 1. The lowest BCUT2D eigenvalue weighted by molar-refractivity contribution is 0.110. The Morgan fingerprint density at radius 2 is 2.00 bits per heavy atom. The molecule has 0 saturated heterocycles. The van der Waals surface area contributed by atoms with E-state index in [1.807, 2.05) is 4.68 Å². The Labute approximate surface area is 128 Å². The molecule has 1 aromatic carbocycles. The van der Waals surface area contributed by atoms with Gasteiger partial charge < -0.3 is 10.5 Å². The van der Waals surface area contributed by atoms with E-state index < -0.39 is 0 Å². The third kappa shape index (κ3) is 2.22. The number of nitrogens with zero attached hydrogens (tertiary/aromatic N) is 2. The fourth-order valence-corrected chi connectivity index (χ4v) is 4.09. The van der Waals surface area contributed by atoms with Crippen molar-refractivity contribution in [3.63, 3.8) is 0 Å². The number of nitrogen functional groups attached to an aromatic ring is 1. The number of fused-ring (bicyclic) bond motifs is 1. The van der Waals surface area contributed by atoms with Gasteiger partial charge in [-0.05, 0) is 56.5 Å². The average Bonchev–Trinajstić information content (AvgIpc) is 2.67. The molecule has 0 bridgehead atoms. The minimum absolute atomic E-state index is 0.544. The highest BCUT2D eigenvalue weighted by Gasteiger charge is 2.22. The standard InChI is InChI=1S/C13H13Br2N3O/c1-7-4-9(14)12(10(15)5-7)18-11-2-3-19-6-8(11)13(16)17-18/h4-5H,2-3,6H2,1H3,(H2,16,17). The topological polar surface area (TPSA) is 53.1 Å². The number of hydrogen-bond donors (Lipinski definition) is 1. The van der Waals surface area contributed by atoms with Crippen LogP contribution in [0.4, 0.5) is 5.82 Å². The number of ether oxygens (including phenoxy) is 1. The minimum atomic E-state index is 0.544. The fraction of sp³-hybridized carbons (Fsp3) is 0.308. The largest absolute Gasteiger partial charge is 0.382 e. The van der Waals surface area contributed by atoms with Crippen LogP contribution >= 0.6 is 31.9 Å². The summed E-state index contributed by atoms with van der Waals surface area (Å²) in [6.45, 7) is 3.31. The Morgan fingerprint density at radius 1 is 1.32 bits per heavy atom. The zero-order valence-electron chi connectivity index (χ0n) is 10.4. The van der Waals surface area contributed by atoms with Gasteiger partial charge in [0.2, 0.25) is 0 Å². The Balaban J connectivity index is 2.23. The molecule has 100 valence electrons. The molecule has 0 unspecified atom stereocenters. The smallest absolute Gasteiger partial charge is 0.151 e. The quantitative estimate of drug-likeness (QED) is 0.817. The molecular formula is C13H13Br2N3O. The van der Waals surface area contributed by atoms with Gasteiger partial charge in [0.05, 0.1) is 24.6 Å². The number of halogens is 2. The average molecular weight is 387 g/mol. The molecule has 3 rings (SSSR count). The number of aromatic nitrogens is 2. The van der Waals surface area contributed by atoms with E-state index in [1.165, 1.54) is 5.56 Å². The first-order valence-electron chi connectivity index (χ1n) is 5.98. The van der Waals surface area contributed by atoms with Crippen molar-refractivity contribution < 1.29 is 4.74 Å². The summed E-state index contributed by atoms with van der Waals surface area (Å²) in [6.07, 6.45) is 0.826. The Hall–Kier alpha value is -0.850. The molecule has 0 atom stereocenters. The zero-order chi connectivity index (χ0) is 13.6. The number of benzene rings is 1. The first-order chi connectivity index (χ1) is 9.08. The molecule has 0 spiro atoms. The van der Waals surface area contributed by atoms with E-state index in [0.717, 1.165) is 32.3 Å². The van der Waals surface area contributed by atoms with E-state index in [2.05, 4.69) is 56.0 Å². The van der Waals surface area contributed by atoms with Gasteiger partial charge in [-0.3, -0.25) is 0 Å². The maximum Gasteiger partial charge on any atom is 0.151 e. The molecule has 2 N–H and O–H groups in total. The van der Waals surface area contributed by atoms with Crippen molar-refractivity contribution in [3.05, 3.63) is 37.9 Å². The molecule has 1 aliphatic heterocycles. The van der Waals surface area contributed by atoms with Crippen LogP contribution in [0.3, 0.4) is 0 Å². The molecule has 6 heteroatoms. The van der Waals surface area contributed by atoms with Crippen molar-refractivity contribution in [2.45, 2.75) is 20.0 Å². The van der Waals surface area contributed by atoms with E-state index in [-0.39, 0.29) is 0 Å². The van der Waals surface area contributed by atoms with Crippen LogP contribution in [0.1, 0.15) is 16.8 Å². The Bertz CT molecular complexity index is 629. The van der Waals surface area contributed by atoms with Gasteiger partial charge >= 0.3 is 0 Å². The van der Waals surface area contributed by atoms with E-state index in [9.17, 15) is 0 Å². The van der Waals surface area contributed by atoms with Crippen LogP contribution in [0, 0.1) is 6.92 Å². The van der Waals surface area contributed by atoms with Gasteiger partial charge in [0.15, 0.2) is 5.82 Å². The number of aryl methyl sites for hydroxylation is 1. The van der Waals surface area contributed by atoms with Crippen LogP contribution in [0.25, 0.3) is 5.69 Å². The minimum Gasteiger partial charge on any atom is -0.382 e. The second kappa shape index (κ2) is 4.92. The third-order valence-electron chi connectivity index (χ3n) is 3.22. The van der Waals surface area contributed by atoms with Crippen LogP contribution in [0.5, 0.6) is 0 Å². The molecule has 2 aromatic rings. The second-order valence-electron chi connectivity index (χ2n) is 4.60. The van der Waals surface area contributed by atoms with Gasteiger partial charge in [-0.1, -0.05) is 0 Å². The molecule has 0 aliphatic carbocycles. The molecule has 4 nitrogen and oxygen atoms in total. The number of anilines is 1. The van der Waals surface area contributed by atoms with Crippen molar-refractivity contribution in [2.75, 3.05) is 12.3 Å². The summed E-state index contributed by atoms with van der Waals surface area (Å²) in [4.78, 5) is 0. The van der Waals surface area contributed by atoms with Crippen LogP contribution in [0.2, 0.25) is 0 Å². The normalized spacial score (nSPS) is 14.5. The van der Waals surface area contributed by atoms with Crippen LogP contribution in [-0.2, 0) is 17.8 Å². The van der Waals surface area contributed by atoms with Gasteiger partial charge in [-0.2, -0.15) is 0 Å². The van der Waals surface area contributed by atoms with E-state index in [4.69, 9.17) is 10.5 Å². The van der Waals surface area contributed by atoms with E-state index >= 15 is 0 Å². The summed E-state index contributed by atoms with van der Waals surface area (Å²) in [5.41, 5.74) is 10.3. The summed E-state index contributed by atoms with van der Waals surface area (Å²) in [7, 11) is 0. The highest BCUT2D eigenvalue weighted by Crippen LogP contribution is 2.34. The predicted octanol–water partition coefficient (Wildman–Crippen LogP) is 3.36. The third-order valence-corrected chi connectivity index (χ3v) is 4.43. The summed E-state index contributed by atoms with van der Waals surface area (Å²) < 4.78 is 9.36. The molecule has 0 fully saturated rings. The first kappa shape index (κ1) is 13.1. The number of rotatable bonds is 1. The van der Waals surface area contributed by atoms with Crippen molar-refractivity contribution in [2.24, 2.45) is 0 Å². The lowest BCUT2D eigenvalue weighted by Crippen LogP contribution is -2.13. The summed E-state index contributed by atoms with van der Waals surface area (Å²) in [5.74, 6) is 0.550. The van der Waals surface area contributed by atoms with Gasteiger partial charge in [0, 0.05) is 20.9 Å². The van der Waals surface area contributed by atoms with E-state index in [1.54, 1.807) is 0 Å². The molecule has 1 aliphatic rings. The fourth-order valence-electron chi connectivity index (χ4n) is 2.34. The van der Waals surface area contributed by atoms with Crippen molar-refractivity contribution in [1.29, 1.82) is 0 Å². The van der Waals surface area contributed by atoms with Crippen molar-refractivity contribution >= 4 is 37.7 Å². The highest BCUT2D eigenvalue weighted by molar-refractivity contribution is 9.11. The molecule has 2 heterocycles. The highest BCUT2D eigenvalue weighted by atomic mass is 79.9. The molecule has 1 aromatic heterocycles. The maximum absolute atomic E-state index is 5.99. The molecule has 0 saturated carbocycles. The lowest BCUT2D eigenvalue weighted by atomic mass is 10.1. The van der Waals surface area contributed by atoms with Crippen molar-refractivity contribution in [1.82, 2.24) is 9.78 Å². The SMILES string of the molecule is Cc1cc(Br)c(-n2nc(N)c3c2CCOC3)c(Br)c1. The van der Waals surface area contributed by atoms with Gasteiger partial charge in [0.25, 0.3) is 0 Å². The summed E-state index contributed by atoms with van der Waals surface area (Å²) >= 11 is 7.22. The molecule has 0 amide bonds. The summed E-state index contributed by atoms with van der Waals surface area (Å²) in [6, 6.07) is 4.15. The first-order valence-corrected chi connectivity index (χ1v) is 7.56. The molecular weight excluding hydrogens is 374 g/mol. The molecule has 0 radical (unpaired) electrons. The monoisotopic (exact) mass is 385 g/mol.